The summed E-state index contributed by atoms with van der Waals surface area (Å²) >= 11 is 0. The molecule has 0 aromatic heterocycles. The monoisotopic (exact) mass is 352 g/mol. The predicted octanol–water partition coefficient (Wildman–Crippen LogP) is 7.76. The number of esters is 1. The van der Waals surface area contributed by atoms with E-state index in [9.17, 15) is 4.79 Å². The molecule has 0 aliphatic heterocycles. The van der Waals surface area contributed by atoms with Gasteiger partial charge >= 0.3 is 5.97 Å². The standard InChI is InChI=1S/C23H44O2/c1-3-4-5-6-7-8-9-10-11-12-13-14-15-16-17-18-19-20-21-22-23(24)25-2/h12-13H,3-11,14-22H2,1-2H3. The van der Waals surface area contributed by atoms with Gasteiger partial charge in [0.1, 0.15) is 0 Å². The van der Waals surface area contributed by atoms with Crippen molar-refractivity contribution in [1.82, 2.24) is 0 Å². The third kappa shape index (κ3) is 21.2. The SMILES string of the molecule is CCCCCCCCCCC=CCCCCCCCCCC(=O)OC. The average Bonchev–Trinajstić information content (AvgIpc) is 2.63. The molecule has 0 atom stereocenters. The molecule has 148 valence electrons. The summed E-state index contributed by atoms with van der Waals surface area (Å²) in [5, 5.41) is 0. The first kappa shape index (κ1) is 24.2. The van der Waals surface area contributed by atoms with Crippen LogP contribution in [0.2, 0.25) is 0 Å². The zero-order valence-corrected chi connectivity index (χ0v) is 17.2. The smallest absolute Gasteiger partial charge is 0.305 e. The summed E-state index contributed by atoms with van der Waals surface area (Å²) in [5.74, 6) is -0.0706. The molecule has 0 saturated heterocycles. The number of rotatable bonds is 19. The van der Waals surface area contributed by atoms with Crippen LogP contribution >= 0.6 is 0 Å². The highest BCUT2D eigenvalue weighted by molar-refractivity contribution is 5.68. The van der Waals surface area contributed by atoms with Crippen molar-refractivity contribution < 1.29 is 9.53 Å². The van der Waals surface area contributed by atoms with Gasteiger partial charge in [-0.1, -0.05) is 96.1 Å². The maximum absolute atomic E-state index is 11.0. The van der Waals surface area contributed by atoms with Gasteiger partial charge in [0, 0.05) is 6.42 Å². The summed E-state index contributed by atoms with van der Waals surface area (Å²) < 4.78 is 4.64. The molecule has 0 spiro atoms. The van der Waals surface area contributed by atoms with E-state index >= 15 is 0 Å². The second-order valence-corrected chi connectivity index (χ2v) is 7.32. The normalized spacial score (nSPS) is 11.3. The van der Waals surface area contributed by atoms with Crippen LogP contribution in [0.4, 0.5) is 0 Å². The van der Waals surface area contributed by atoms with Crippen molar-refractivity contribution in [2.45, 2.75) is 122 Å². The van der Waals surface area contributed by atoms with Crippen LogP contribution < -0.4 is 0 Å². The lowest BCUT2D eigenvalue weighted by Gasteiger charge is -2.01. The maximum Gasteiger partial charge on any atom is 0.305 e. The molecule has 0 saturated carbocycles. The highest BCUT2D eigenvalue weighted by Crippen LogP contribution is 2.12. The quantitative estimate of drug-likeness (QED) is 0.135. The Balaban J connectivity index is 3.10. The van der Waals surface area contributed by atoms with Crippen LogP contribution in [-0.2, 0) is 9.53 Å². The number of hydrogen-bond donors (Lipinski definition) is 0. The number of hydrogen-bond acceptors (Lipinski definition) is 2. The van der Waals surface area contributed by atoms with Gasteiger partial charge in [-0.25, -0.2) is 0 Å². The number of unbranched alkanes of at least 4 members (excludes halogenated alkanes) is 15. The number of ether oxygens (including phenoxy) is 1. The van der Waals surface area contributed by atoms with Crippen LogP contribution in [0.1, 0.15) is 122 Å². The molecule has 0 aliphatic rings. The molecule has 0 N–H and O–H groups in total. The fourth-order valence-electron chi connectivity index (χ4n) is 3.15. The highest BCUT2D eigenvalue weighted by Gasteiger charge is 1.98. The van der Waals surface area contributed by atoms with Crippen molar-refractivity contribution in [3.05, 3.63) is 12.2 Å². The molecule has 0 unspecified atom stereocenters. The molecule has 2 heteroatoms. The zero-order chi connectivity index (χ0) is 18.4. The molecular weight excluding hydrogens is 308 g/mol. The van der Waals surface area contributed by atoms with E-state index in [1.54, 1.807) is 0 Å². The third-order valence-electron chi connectivity index (χ3n) is 4.87. The Morgan fingerprint density at radius 2 is 1.04 bits per heavy atom. The van der Waals surface area contributed by atoms with E-state index in [1.807, 2.05) is 0 Å². The second-order valence-electron chi connectivity index (χ2n) is 7.32. The minimum atomic E-state index is -0.0706. The van der Waals surface area contributed by atoms with Crippen molar-refractivity contribution in [3.8, 4) is 0 Å². The first-order valence-electron chi connectivity index (χ1n) is 11.0. The van der Waals surface area contributed by atoms with Crippen LogP contribution in [0.5, 0.6) is 0 Å². The van der Waals surface area contributed by atoms with Crippen LogP contribution in [0, 0.1) is 0 Å². The maximum atomic E-state index is 11.0. The highest BCUT2D eigenvalue weighted by atomic mass is 16.5. The van der Waals surface area contributed by atoms with E-state index in [2.05, 4.69) is 23.8 Å². The van der Waals surface area contributed by atoms with Crippen molar-refractivity contribution in [3.63, 3.8) is 0 Å². The summed E-state index contributed by atoms with van der Waals surface area (Å²) in [5.41, 5.74) is 0. The molecule has 0 aromatic rings. The Kier molecular flexibility index (Phi) is 20.6. The number of carbonyl (C=O) groups is 1. The van der Waals surface area contributed by atoms with E-state index in [0.29, 0.717) is 6.42 Å². The van der Waals surface area contributed by atoms with Gasteiger partial charge in [0.2, 0.25) is 0 Å². The predicted molar refractivity (Wildman–Crippen MR) is 110 cm³/mol. The van der Waals surface area contributed by atoms with Crippen molar-refractivity contribution in [1.29, 1.82) is 0 Å². The fraction of sp³-hybridized carbons (Fsp3) is 0.870. The molecule has 0 aliphatic carbocycles. The Bertz CT molecular complexity index is 296. The Hall–Kier alpha value is -0.790. The molecule has 2 nitrogen and oxygen atoms in total. The molecular formula is C23H44O2. The number of allylic oxidation sites excluding steroid dienone is 2. The van der Waals surface area contributed by atoms with Gasteiger partial charge in [-0.05, 0) is 32.1 Å². The van der Waals surface area contributed by atoms with Crippen LogP contribution in [-0.4, -0.2) is 13.1 Å². The Morgan fingerprint density at radius 1 is 0.640 bits per heavy atom. The van der Waals surface area contributed by atoms with Crippen LogP contribution in [0.25, 0.3) is 0 Å². The molecule has 0 fully saturated rings. The van der Waals surface area contributed by atoms with Crippen molar-refractivity contribution in [2.24, 2.45) is 0 Å². The molecule has 0 bridgehead atoms. The summed E-state index contributed by atoms with van der Waals surface area (Å²) in [6, 6.07) is 0. The first-order chi connectivity index (χ1) is 12.3. The van der Waals surface area contributed by atoms with Gasteiger partial charge in [-0.3, -0.25) is 4.79 Å². The summed E-state index contributed by atoms with van der Waals surface area (Å²) in [4.78, 5) is 11.0. The minimum Gasteiger partial charge on any atom is -0.469 e. The number of methoxy groups -OCH3 is 1. The van der Waals surface area contributed by atoms with Crippen LogP contribution in [0.3, 0.4) is 0 Å². The molecule has 0 aromatic carbocycles. The zero-order valence-electron chi connectivity index (χ0n) is 17.2. The van der Waals surface area contributed by atoms with Gasteiger partial charge in [0.05, 0.1) is 7.11 Å². The van der Waals surface area contributed by atoms with Gasteiger partial charge in [0.15, 0.2) is 0 Å². The lowest BCUT2D eigenvalue weighted by molar-refractivity contribution is -0.140. The second kappa shape index (κ2) is 21.3. The lowest BCUT2D eigenvalue weighted by atomic mass is 10.1. The summed E-state index contributed by atoms with van der Waals surface area (Å²) in [6.07, 6.45) is 27.9. The Morgan fingerprint density at radius 3 is 1.48 bits per heavy atom. The molecule has 0 rings (SSSR count). The van der Waals surface area contributed by atoms with Crippen LogP contribution in [0.15, 0.2) is 12.2 Å². The van der Waals surface area contributed by atoms with Gasteiger partial charge in [0.25, 0.3) is 0 Å². The average molecular weight is 353 g/mol. The Labute approximate surface area is 157 Å². The van der Waals surface area contributed by atoms with E-state index < -0.39 is 0 Å². The molecule has 25 heavy (non-hydrogen) atoms. The largest absolute Gasteiger partial charge is 0.469 e. The molecule has 0 heterocycles. The van der Waals surface area contributed by atoms with Crippen molar-refractivity contribution >= 4 is 5.97 Å². The third-order valence-corrected chi connectivity index (χ3v) is 4.87. The first-order valence-corrected chi connectivity index (χ1v) is 11.0. The van der Waals surface area contributed by atoms with E-state index in [1.165, 1.54) is 103 Å². The summed E-state index contributed by atoms with van der Waals surface area (Å²) in [6.45, 7) is 2.28. The van der Waals surface area contributed by atoms with E-state index in [-0.39, 0.29) is 5.97 Å². The molecule has 0 amide bonds. The summed E-state index contributed by atoms with van der Waals surface area (Å²) in [7, 11) is 1.46. The number of carbonyl (C=O) groups excluding carboxylic acids is 1. The van der Waals surface area contributed by atoms with Gasteiger partial charge in [-0.2, -0.15) is 0 Å². The fourth-order valence-corrected chi connectivity index (χ4v) is 3.15. The van der Waals surface area contributed by atoms with E-state index in [0.717, 1.165) is 12.8 Å². The van der Waals surface area contributed by atoms with Gasteiger partial charge in [-0.15, -0.1) is 0 Å². The minimum absolute atomic E-state index is 0.0706. The van der Waals surface area contributed by atoms with Crippen molar-refractivity contribution in [2.75, 3.05) is 7.11 Å². The lowest BCUT2D eigenvalue weighted by Crippen LogP contribution is -1.99. The van der Waals surface area contributed by atoms with E-state index in [4.69, 9.17) is 0 Å². The van der Waals surface area contributed by atoms with Gasteiger partial charge < -0.3 is 4.74 Å². The molecule has 0 radical (unpaired) electrons. The topological polar surface area (TPSA) is 26.3 Å².